The third-order valence-corrected chi connectivity index (χ3v) is 4.51. The Morgan fingerprint density at radius 3 is 3.00 bits per heavy atom. The standard InChI is InChI=1S/C13H20N2O2S/c1-4-18-8(2)5-10-6-11(14-16)13-9(3)15-17-12(13)7-10/h8,10,16H,4-7H2,1-3H3/b14-11+/t8-,10+/m1/s1. The highest BCUT2D eigenvalue weighted by Crippen LogP contribution is 2.32. The fraction of sp³-hybridized carbons (Fsp3) is 0.692. The van der Waals surface area contributed by atoms with Crippen LogP contribution >= 0.6 is 11.8 Å². The Morgan fingerprint density at radius 1 is 1.56 bits per heavy atom. The molecule has 1 N–H and O–H groups in total. The highest BCUT2D eigenvalue weighted by molar-refractivity contribution is 7.99. The Hall–Kier alpha value is -0.970. The zero-order valence-corrected chi connectivity index (χ0v) is 12.0. The van der Waals surface area contributed by atoms with E-state index in [0.29, 0.717) is 11.2 Å². The predicted molar refractivity (Wildman–Crippen MR) is 73.6 cm³/mol. The van der Waals surface area contributed by atoms with Crippen molar-refractivity contribution in [3.05, 3.63) is 17.0 Å². The molecule has 0 aromatic carbocycles. The van der Waals surface area contributed by atoms with E-state index in [1.165, 1.54) is 0 Å². The second-order valence-electron chi connectivity index (χ2n) is 4.89. The van der Waals surface area contributed by atoms with Crippen molar-refractivity contribution in [1.29, 1.82) is 0 Å². The third kappa shape index (κ3) is 2.71. The van der Waals surface area contributed by atoms with Gasteiger partial charge in [-0.25, -0.2) is 0 Å². The highest BCUT2D eigenvalue weighted by atomic mass is 32.2. The van der Waals surface area contributed by atoms with E-state index >= 15 is 0 Å². The van der Waals surface area contributed by atoms with E-state index in [9.17, 15) is 0 Å². The van der Waals surface area contributed by atoms with Gasteiger partial charge in [-0.3, -0.25) is 0 Å². The molecule has 18 heavy (non-hydrogen) atoms. The van der Waals surface area contributed by atoms with Crippen molar-refractivity contribution in [2.24, 2.45) is 11.1 Å². The van der Waals surface area contributed by atoms with Crippen LogP contribution in [0.15, 0.2) is 9.68 Å². The summed E-state index contributed by atoms with van der Waals surface area (Å²) in [6.45, 7) is 6.33. The van der Waals surface area contributed by atoms with E-state index < -0.39 is 0 Å². The normalized spacial score (nSPS) is 23.1. The minimum absolute atomic E-state index is 0.491. The lowest BCUT2D eigenvalue weighted by molar-refractivity contribution is 0.310. The number of hydrogen-bond acceptors (Lipinski definition) is 5. The van der Waals surface area contributed by atoms with Crippen LogP contribution < -0.4 is 0 Å². The van der Waals surface area contributed by atoms with Crippen LogP contribution in [0.4, 0.5) is 0 Å². The maximum atomic E-state index is 9.15. The molecule has 0 fully saturated rings. The van der Waals surface area contributed by atoms with Gasteiger partial charge in [0.05, 0.1) is 17.0 Å². The summed E-state index contributed by atoms with van der Waals surface area (Å²) in [5, 5.41) is 17.2. The van der Waals surface area contributed by atoms with E-state index in [0.717, 1.165) is 47.7 Å². The molecule has 1 aromatic rings. The van der Waals surface area contributed by atoms with Crippen molar-refractivity contribution in [1.82, 2.24) is 5.16 Å². The Morgan fingerprint density at radius 2 is 2.33 bits per heavy atom. The van der Waals surface area contributed by atoms with Gasteiger partial charge in [-0.15, -0.1) is 0 Å². The van der Waals surface area contributed by atoms with Crippen molar-refractivity contribution < 1.29 is 9.73 Å². The van der Waals surface area contributed by atoms with Gasteiger partial charge in [0, 0.05) is 11.7 Å². The summed E-state index contributed by atoms with van der Waals surface area (Å²) in [7, 11) is 0. The van der Waals surface area contributed by atoms with E-state index in [1.807, 2.05) is 18.7 Å². The lowest BCUT2D eigenvalue weighted by Gasteiger charge is -2.24. The van der Waals surface area contributed by atoms with Gasteiger partial charge in [-0.05, 0) is 31.4 Å². The monoisotopic (exact) mass is 268 g/mol. The van der Waals surface area contributed by atoms with Crippen LogP contribution in [0.25, 0.3) is 0 Å². The van der Waals surface area contributed by atoms with Gasteiger partial charge in [0.25, 0.3) is 0 Å². The summed E-state index contributed by atoms with van der Waals surface area (Å²) in [5.74, 6) is 2.51. The first-order valence-corrected chi connectivity index (χ1v) is 7.48. The summed E-state index contributed by atoms with van der Waals surface area (Å²) in [6, 6.07) is 0. The van der Waals surface area contributed by atoms with Crippen LogP contribution in [0.3, 0.4) is 0 Å². The van der Waals surface area contributed by atoms with Crippen molar-refractivity contribution in [2.45, 2.75) is 45.3 Å². The number of hydrogen-bond donors (Lipinski definition) is 1. The summed E-state index contributed by atoms with van der Waals surface area (Å²) >= 11 is 1.97. The van der Waals surface area contributed by atoms with E-state index in [-0.39, 0.29) is 0 Å². The molecular weight excluding hydrogens is 248 g/mol. The van der Waals surface area contributed by atoms with Crippen LogP contribution in [0.5, 0.6) is 0 Å². The number of rotatable bonds is 4. The van der Waals surface area contributed by atoms with Crippen LogP contribution in [0.2, 0.25) is 0 Å². The molecule has 1 aliphatic carbocycles. The fourth-order valence-corrected chi connectivity index (χ4v) is 3.69. The lowest BCUT2D eigenvalue weighted by atomic mass is 9.83. The average Bonchev–Trinajstić information content (AvgIpc) is 2.70. The van der Waals surface area contributed by atoms with Crippen LogP contribution in [-0.4, -0.2) is 27.1 Å². The SMILES string of the molecule is CCS[C@H](C)C[C@H]1C/C(=N\O)c2c(C)noc2C1. The molecule has 2 atom stereocenters. The number of thioether (sulfide) groups is 1. The second kappa shape index (κ2) is 5.78. The largest absolute Gasteiger partial charge is 0.411 e. The molecule has 0 saturated carbocycles. The van der Waals surface area contributed by atoms with Crippen molar-refractivity contribution in [3.63, 3.8) is 0 Å². The molecule has 1 aliphatic rings. The van der Waals surface area contributed by atoms with Crippen molar-refractivity contribution in [3.8, 4) is 0 Å². The molecule has 100 valence electrons. The van der Waals surface area contributed by atoms with Gasteiger partial charge in [-0.2, -0.15) is 11.8 Å². The quantitative estimate of drug-likeness (QED) is 0.672. The maximum Gasteiger partial charge on any atom is 0.146 e. The number of fused-ring (bicyclic) bond motifs is 1. The van der Waals surface area contributed by atoms with E-state index in [4.69, 9.17) is 9.73 Å². The topological polar surface area (TPSA) is 58.6 Å². The molecule has 0 bridgehead atoms. The Bertz CT molecular complexity index is 442. The Balaban J connectivity index is 2.12. The third-order valence-electron chi connectivity index (χ3n) is 3.42. The second-order valence-corrected chi connectivity index (χ2v) is 6.60. The van der Waals surface area contributed by atoms with Gasteiger partial charge >= 0.3 is 0 Å². The molecule has 0 radical (unpaired) electrons. The summed E-state index contributed by atoms with van der Waals surface area (Å²) in [6.07, 6.45) is 2.85. The van der Waals surface area contributed by atoms with Crippen LogP contribution in [0.1, 0.15) is 43.7 Å². The molecule has 1 aromatic heterocycles. The first-order valence-electron chi connectivity index (χ1n) is 6.43. The first kappa shape index (κ1) is 13.5. The van der Waals surface area contributed by atoms with Gasteiger partial charge in [0.1, 0.15) is 5.76 Å². The lowest BCUT2D eigenvalue weighted by Crippen LogP contribution is -2.22. The van der Waals surface area contributed by atoms with Crippen molar-refractivity contribution >= 4 is 17.5 Å². The number of aryl methyl sites for hydroxylation is 1. The molecule has 0 saturated heterocycles. The molecule has 0 unspecified atom stereocenters. The zero-order valence-electron chi connectivity index (χ0n) is 11.1. The summed E-state index contributed by atoms with van der Waals surface area (Å²) in [5.41, 5.74) is 2.48. The fourth-order valence-electron chi connectivity index (χ4n) is 2.72. The molecular formula is C13H20N2O2S. The molecule has 1 heterocycles. The van der Waals surface area contributed by atoms with Gasteiger partial charge in [-0.1, -0.05) is 24.2 Å². The van der Waals surface area contributed by atoms with E-state index in [2.05, 4.69) is 24.2 Å². The van der Waals surface area contributed by atoms with Crippen LogP contribution in [0, 0.1) is 12.8 Å². The number of oxime groups is 1. The smallest absolute Gasteiger partial charge is 0.146 e. The van der Waals surface area contributed by atoms with Crippen LogP contribution in [-0.2, 0) is 6.42 Å². The van der Waals surface area contributed by atoms with Crippen molar-refractivity contribution in [2.75, 3.05) is 5.75 Å². The Labute approximate surface area is 112 Å². The molecule has 4 nitrogen and oxygen atoms in total. The zero-order chi connectivity index (χ0) is 13.1. The number of nitrogens with zero attached hydrogens (tertiary/aromatic N) is 2. The minimum atomic E-state index is 0.491. The first-order chi connectivity index (χ1) is 8.65. The maximum absolute atomic E-state index is 9.15. The summed E-state index contributed by atoms with van der Waals surface area (Å²) in [4.78, 5) is 0. The Kier molecular flexibility index (Phi) is 4.32. The van der Waals surface area contributed by atoms with Gasteiger partial charge in [0.15, 0.2) is 0 Å². The molecule has 5 heteroatoms. The van der Waals surface area contributed by atoms with E-state index in [1.54, 1.807) is 0 Å². The highest BCUT2D eigenvalue weighted by Gasteiger charge is 2.30. The molecule has 0 spiro atoms. The summed E-state index contributed by atoms with van der Waals surface area (Å²) < 4.78 is 5.34. The minimum Gasteiger partial charge on any atom is -0.411 e. The predicted octanol–water partition coefficient (Wildman–Crippen LogP) is 3.26. The molecule has 2 rings (SSSR count). The number of aromatic nitrogens is 1. The average molecular weight is 268 g/mol. The molecule has 0 aliphatic heterocycles. The van der Waals surface area contributed by atoms with Gasteiger partial charge in [0.2, 0.25) is 0 Å². The van der Waals surface area contributed by atoms with Gasteiger partial charge < -0.3 is 9.73 Å². The molecule has 0 amide bonds.